The van der Waals surface area contributed by atoms with Crippen LogP contribution in [-0.2, 0) is 7.05 Å². The number of hydrogen-bond acceptors (Lipinski definition) is 2. The highest BCUT2D eigenvalue weighted by Gasteiger charge is 2.37. The molecule has 0 aliphatic heterocycles. The van der Waals surface area contributed by atoms with Crippen LogP contribution in [0.25, 0.3) is 0 Å². The highest BCUT2D eigenvalue weighted by molar-refractivity contribution is 5.95. The van der Waals surface area contributed by atoms with Crippen molar-refractivity contribution in [3.63, 3.8) is 0 Å². The molecule has 112 valence electrons. The number of carbonyl (C=O) groups excluding carboxylic acids is 1. The number of aromatic nitrogens is 1. The number of likely N-dealkylation sites (N-methyl/N-ethyl adjacent to an activating group) is 1. The van der Waals surface area contributed by atoms with E-state index in [0.717, 1.165) is 24.3 Å². The van der Waals surface area contributed by atoms with Crippen LogP contribution in [0.2, 0.25) is 0 Å². The Morgan fingerprint density at radius 1 is 1.45 bits per heavy atom. The van der Waals surface area contributed by atoms with Gasteiger partial charge < -0.3 is 9.88 Å². The summed E-state index contributed by atoms with van der Waals surface area (Å²) in [5.74, 6) is 0.0545. The quantitative estimate of drug-likeness (QED) is 0.897. The van der Waals surface area contributed by atoms with E-state index in [-0.39, 0.29) is 11.4 Å². The van der Waals surface area contributed by atoms with Crippen molar-refractivity contribution in [3.05, 3.63) is 23.5 Å². The minimum Gasteiger partial charge on any atom is -0.354 e. The fraction of sp³-hybridized carbons (Fsp3) is 0.688. The summed E-state index contributed by atoms with van der Waals surface area (Å²) in [6.45, 7) is 5.95. The van der Waals surface area contributed by atoms with Crippen LogP contribution in [0.1, 0.15) is 48.7 Å². The first kappa shape index (κ1) is 15.1. The maximum absolute atomic E-state index is 12.3. The summed E-state index contributed by atoms with van der Waals surface area (Å²) in [5, 5.41) is 3.16. The van der Waals surface area contributed by atoms with E-state index in [1.165, 1.54) is 25.7 Å². The molecule has 1 aromatic heterocycles. The molecule has 1 aliphatic carbocycles. The first-order valence-corrected chi connectivity index (χ1v) is 7.61. The van der Waals surface area contributed by atoms with Crippen molar-refractivity contribution in [2.75, 3.05) is 20.1 Å². The average Bonchev–Trinajstić information content (AvgIpc) is 3.05. The van der Waals surface area contributed by atoms with Crippen molar-refractivity contribution in [2.45, 2.75) is 45.1 Å². The van der Waals surface area contributed by atoms with Gasteiger partial charge in [0, 0.05) is 31.0 Å². The van der Waals surface area contributed by atoms with Gasteiger partial charge in [-0.3, -0.25) is 9.69 Å². The first-order chi connectivity index (χ1) is 9.50. The Bertz CT molecular complexity index is 472. The Morgan fingerprint density at radius 3 is 2.60 bits per heavy atom. The minimum absolute atomic E-state index is 0.0545. The number of nitrogens with zero attached hydrogens (tertiary/aromatic N) is 2. The van der Waals surface area contributed by atoms with Crippen LogP contribution in [0.3, 0.4) is 0 Å². The van der Waals surface area contributed by atoms with Gasteiger partial charge in [-0.25, -0.2) is 0 Å². The molecule has 0 aromatic carbocycles. The lowest BCUT2D eigenvalue weighted by Gasteiger charge is -2.38. The zero-order valence-electron chi connectivity index (χ0n) is 13.2. The van der Waals surface area contributed by atoms with Gasteiger partial charge in [0.05, 0.1) is 5.56 Å². The van der Waals surface area contributed by atoms with Crippen LogP contribution in [0.5, 0.6) is 0 Å². The van der Waals surface area contributed by atoms with Gasteiger partial charge in [-0.2, -0.15) is 0 Å². The molecule has 1 aliphatic rings. The van der Waals surface area contributed by atoms with Gasteiger partial charge in [-0.05, 0) is 39.4 Å². The summed E-state index contributed by atoms with van der Waals surface area (Å²) in [7, 11) is 4.14. The molecule has 4 heteroatoms. The highest BCUT2D eigenvalue weighted by Crippen LogP contribution is 2.33. The second-order valence-electron chi connectivity index (χ2n) is 6.05. The molecule has 1 saturated carbocycles. The normalized spacial score (nSPS) is 17.6. The third kappa shape index (κ3) is 2.75. The topological polar surface area (TPSA) is 37.3 Å². The van der Waals surface area contributed by atoms with E-state index in [9.17, 15) is 4.79 Å². The fourth-order valence-corrected chi connectivity index (χ4v) is 3.25. The first-order valence-electron chi connectivity index (χ1n) is 7.61. The van der Waals surface area contributed by atoms with E-state index in [4.69, 9.17) is 0 Å². The van der Waals surface area contributed by atoms with Crippen molar-refractivity contribution in [3.8, 4) is 0 Å². The van der Waals surface area contributed by atoms with E-state index in [0.29, 0.717) is 0 Å². The van der Waals surface area contributed by atoms with Crippen molar-refractivity contribution >= 4 is 5.91 Å². The standard InChI is InChI=1S/C16H27N3O/c1-5-19(4)16(9-6-7-10-16)12-17-15(20)14-8-11-18(3)13(14)2/h8,11H,5-7,9-10,12H2,1-4H3,(H,17,20). The molecule has 2 rings (SSSR count). The molecule has 4 nitrogen and oxygen atoms in total. The molecular formula is C16H27N3O. The van der Waals surface area contributed by atoms with Crippen LogP contribution in [-0.4, -0.2) is 41.1 Å². The number of rotatable bonds is 5. The van der Waals surface area contributed by atoms with Crippen LogP contribution in [0.4, 0.5) is 0 Å². The van der Waals surface area contributed by atoms with Gasteiger partial charge in [-0.1, -0.05) is 19.8 Å². The summed E-state index contributed by atoms with van der Waals surface area (Å²) in [6, 6.07) is 1.90. The van der Waals surface area contributed by atoms with Gasteiger partial charge in [0.2, 0.25) is 0 Å². The third-order valence-electron chi connectivity index (χ3n) is 5.02. The second kappa shape index (κ2) is 6.00. The molecule has 1 amide bonds. The predicted octanol–water partition coefficient (Wildman–Crippen LogP) is 2.33. The molecule has 1 fully saturated rings. The van der Waals surface area contributed by atoms with E-state index in [1.54, 1.807) is 0 Å². The predicted molar refractivity (Wildman–Crippen MR) is 82.0 cm³/mol. The summed E-state index contributed by atoms with van der Waals surface area (Å²) < 4.78 is 1.98. The van der Waals surface area contributed by atoms with Crippen molar-refractivity contribution in [2.24, 2.45) is 7.05 Å². The zero-order valence-corrected chi connectivity index (χ0v) is 13.2. The fourth-order valence-electron chi connectivity index (χ4n) is 3.25. The summed E-state index contributed by atoms with van der Waals surface area (Å²) >= 11 is 0. The van der Waals surface area contributed by atoms with Crippen molar-refractivity contribution in [1.82, 2.24) is 14.8 Å². The number of carbonyl (C=O) groups is 1. The van der Waals surface area contributed by atoms with Gasteiger partial charge in [-0.15, -0.1) is 0 Å². The number of aryl methyl sites for hydroxylation is 1. The smallest absolute Gasteiger partial charge is 0.253 e. The Balaban J connectivity index is 2.03. The molecule has 0 spiro atoms. The Morgan fingerprint density at radius 2 is 2.10 bits per heavy atom. The van der Waals surface area contributed by atoms with Crippen LogP contribution >= 0.6 is 0 Å². The summed E-state index contributed by atoms with van der Waals surface area (Å²) in [5.41, 5.74) is 1.97. The van der Waals surface area contributed by atoms with Crippen LogP contribution in [0, 0.1) is 6.92 Å². The molecule has 20 heavy (non-hydrogen) atoms. The minimum atomic E-state index is 0.0545. The Hall–Kier alpha value is -1.29. The van der Waals surface area contributed by atoms with Crippen LogP contribution in [0.15, 0.2) is 12.3 Å². The van der Waals surface area contributed by atoms with Gasteiger partial charge in [0.1, 0.15) is 0 Å². The Kier molecular flexibility index (Phi) is 4.53. The molecule has 1 aromatic rings. The second-order valence-corrected chi connectivity index (χ2v) is 6.05. The molecule has 1 heterocycles. The average molecular weight is 277 g/mol. The lowest BCUT2D eigenvalue weighted by atomic mass is 9.95. The monoisotopic (exact) mass is 277 g/mol. The molecule has 0 unspecified atom stereocenters. The number of hydrogen-bond donors (Lipinski definition) is 1. The van der Waals surface area contributed by atoms with Crippen molar-refractivity contribution < 1.29 is 4.79 Å². The molecule has 0 bridgehead atoms. The van der Waals surface area contributed by atoms with Crippen molar-refractivity contribution in [1.29, 1.82) is 0 Å². The maximum atomic E-state index is 12.3. The molecule has 0 atom stereocenters. The van der Waals surface area contributed by atoms with E-state index in [1.807, 2.05) is 30.8 Å². The molecule has 1 N–H and O–H groups in total. The van der Waals surface area contributed by atoms with E-state index < -0.39 is 0 Å². The summed E-state index contributed by atoms with van der Waals surface area (Å²) in [4.78, 5) is 14.7. The van der Waals surface area contributed by atoms with E-state index in [2.05, 4.69) is 24.2 Å². The highest BCUT2D eigenvalue weighted by atomic mass is 16.1. The largest absolute Gasteiger partial charge is 0.354 e. The van der Waals surface area contributed by atoms with Crippen LogP contribution < -0.4 is 5.32 Å². The van der Waals surface area contributed by atoms with Gasteiger partial charge in [0.15, 0.2) is 0 Å². The lowest BCUT2D eigenvalue weighted by molar-refractivity contribution is 0.0874. The van der Waals surface area contributed by atoms with Gasteiger partial charge >= 0.3 is 0 Å². The van der Waals surface area contributed by atoms with Gasteiger partial charge in [0.25, 0.3) is 5.91 Å². The maximum Gasteiger partial charge on any atom is 0.253 e. The molecular weight excluding hydrogens is 250 g/mol. The third-order valence-corrected chi connectivity index (χ3v) is 5.02. The number of amides is 1. The SMILES string of the molecule is CCN(C)C1(CNC(=O)c2ccn(C)c2C)CCCC1. The zero-order chi connectivity index (χ0) is 14.8. The Labute approximate surface area is 122 Å². The summed E-state index contributed by atoms with van der Waals surface area (Å²) in [6.07, 6.45) is 6.85. The van der Waals surface area contributed by atoms with E-state index >= 15 is 0 Å². The number of nitrogens with one attached hydrogen (secondary N) is 1. The molecule has 0 radical (unpaired) electrons. The lowest BCUT2D eigenvalue weighted by Crippen LogP contribution is -2.52. The molecule has 0 saturated heterocycles.